The molecule has 36 heavy (non-hydrogen) atoms. The third kappa shape index (κ3) is 6.12. The Morgan fingerprint density at radius 1 is 0.917 bits per heavy atom. The maximum atomic E-state index is 5.10. The van der Waals surface area contributed by atoms with Crippen molar-refractivity contribution in [2.45, 2.75) is 53.4 Å². The molecule has 0 atom stereocenters. The van der Waals surface area contributed by atoms with E-state index in [4.69, 9.17) is 4.98 Å². The second-order valence-corrected chi connectivity index (χ2v) is 9.99. The lowest BCUT2D eigenvalue weighted by Crippen LogP contribution is -2.00. The summed E-state index contributed by atoms with van der Waals surface area (Å²) in [6.07, 6.45) is 8.17. The molecule has 0 saturated heterocycles. The normalized spacial score (nSPS) is 11.8. The molecule has 2 heteroatoms. The summed E-state index contributed by atoms with van der Waals surface area (Å²) in [5.41, 5.74) is 11.0. The summed E-state index contributed by atoms with van der Waals surface area (Å²) >= 11 is 0. The van der Waals surface area contributed by atoms with Crippen molar-refractivity contribution in [2.24, 2.45) is 5.92 Å². The molecule has 0 saturated carbocycles. The molecular formula is C34H38N2. The zero-order chi connectivity index (χ0) is 25.5. The van der Waals surface area contributed by atoms with E-state index < -0.39 is 0 Å². The zero-order valence-electron chi connectivity index (χ0n) is 22.1. The van der Waals surface area contributed by atoms with Gasteiger partial charge in [0.15, 0.2) is 0 Å². The highest BCUT2D eigenvalue weighted by Crippen LogP contribution is 2.29. The molecule has 1 aromatic heterocycles. The number of aryl methyl sites for hydroxylation is 4. The average molecular weight is 475 g/mol. The molecule has 184 valence electrons. The molecule has 0 unspecified atom stereocenters. The summed E-state index contributed by atoms with van der Waals surface area (Å²) in [5, 5.41) is 0. The summed E-state index contributed by atoms with van der Waals surface area (Å²) in [5.74, 6) is 1.52. The van der Waals surface area contributed by atoms with Crippen LogP contribution in [-0.2, 0) is 25.7 Å². The number of nitrogens with one attached hydrogen (secondary N) is 1. The fourth-order valence-electron chi connectivity index (χ4n) is 4.80. The molecule has 0 radical (unpaired) electrons. The van der Waals surface area contributed by atoms with Gasteiger partial charge in [-0.05, 0) is 84.1 Å². The molecule has 0 fully saturated rings. The molecule has 0 aliphatic carbocycles. The highest BCUT2D eigenvalue weighted by Gasteiger charge is 2.14. The molecule has 2 nitrogen and oxygen atoms in total. The number of H-pyrrole nitrogens is 1. The summed E-state index contributed by atoms with van der Waals surface area (Å²) in [6, 6.07) is 26.2. The Morgan fingerprint density at radius 2 is 1.64 bits per heavy atom. The SMILES string of the molecule is C=C/C(=C\c1nc(-c2cc(CCc3ccccc3)ccc2CC(C)C)[nH]c1C)c1ccccc1CC. The third-order valence-electron chi connectivity index (χ3n) is 6.75. The van der Waals surface area contributed by atoms with E-state index >= 15 is 0 Å². The number of nitrogens with zero attached hydrogens (tertiary/aromatic N) is 1. The number of hydrogen-bond donors (Lipinski definition) is 1. The minimum atomic E-state index is 0.576. The number of aromatic nitrogens is 2. The molecular weight excluding hydrogens is 436 g/mol. The van der Waals surface area contributed by atoms with Crippen LogP contribution >= 0.6 is 0 Å². The average Bonchev–Trinajstić information content (AvgIpc) is 3.26. The maximum absolute atomic E-state index is 5.10. The van der Waals surface area contributed by atoms with E-state index in [1.807, 2.05) is 6.08 Å². The Labute approximate surface area is 216 Å². The predicted octanol–water partition coefficient (Wildman–Crippen LogP) is 8.66. The summed E-state index contributed by atoms with van der Waals surface area (Å²) in [7, 11) is 0. The first-order chi connectivity index (χ1) is 17.5. The van der Waals surface area contributed by atoms with Crippen molar-refractivity contribution in [1.29, 1.82) is 0 Å². The van der Waals surface area contributed by atoms with Gasteiger partial charge >= 0.3 is 0 Å². The Kier molecular flexibility index (Phi) is 8.38. The molecule has 1 heterocycles. The predicted molar refractivity (Wildman–Crippen MR) is 155 cm³/mol. The van der Waals surface area contributed by atoms with E-state index in [1.165, 1.54) is 33.4 Å². The maximum Gasteiger partial charge on any atom is 0.138 e. The van der Waals surface area contributed by atoms with E-state index in [2.05, 4.69) is 118 Å². The fourth-order valence-corrected chi connectivity index (χ4v) is 4.80. The van der Waals surface area contributed by atoms with Crippen molar-refractivity contribution < 1.29 is 0 Å². The summed E-state index contributed by atoms with van der Waals surface area (Å²) < 4.78 is 0. The van der Waals surface area contributed by atoms with Gasteiger partial charge in [0.25, 0.3) is 0 Å². The molecule has 3 aromatic carbocycles. The minimum absolute atomic E-state index is 0.576. The van der Waals surface area contributed by atoms with Gasteiger partial charge in [-0.15, -0.1) is 0 Å². The number of allylic oxidation sites excluding steroid dienone is 2. The van der Waals surface area contributed by atoms with Gasteiger partial charge in [0.2, 0.25) is 0 Å². The van der Waals surface area contributed by atoms with Crippen molar-refractivity contribution in [1.82, 2.24) is 9.97 Å². The van der Waals surface area contributed by atoms with E-state index in [1.54, 1.807) is 0 Å². The van der Waals surface area contributed by atoms with Gasteiger partial charge in [0.1, 0.15) is 5.82 Å². The smallest absolute Gasteiger partial charge is 0.138 e. The number of rotatable bonds is 10. The van der Waals surface area contributed by atoms with Gasteiger partial charge in [-0.1, -0.05) is 100 Å². The first-order valence-corrected chi connectivity index (χ1v) is 13.1. The second-order valence-electron chi connectivity index (χ2n) is 9.99. The summed E-state index contributed by atoms with van der Waals surface area (Å²) in [4.78, 5) is 8.69. The van der Waals surface area contributed by atoms with Crippen LogP contribution in [0.1, 0.15) is 60.0 Å². The van der Waals surface area contributed by atoms with Crippen LogP contribution in [0, 0.1) is 12.8 Å². The first kappa shape index (κ1) is 25.4. The molecule has 0 amide bonds. The molecule has 4 rings (SSSR count). The van der Waals surface area contributed by atoms with Gasteiger partial charge in [0, 0.05) is 11.3 Å². The van der Waals surface area contributed by atoms with E-state index in [-0.39, 0.29) is 0 Å². The molecule has 0 aliphatic rings. The van der Waals surface area contributed by atoms with Crippen LogP contribution in [-0.4, -0.2) is 9.97 Å². The Hall–Kier alpha value is -3.65. The second kappa shape index (κ2) is 11.9. The highest BCUT2D eigenvalue weighted by atomic mass is 14.9. The van der Waals surface area contributed by atoms with Gasteiger partial charge in [-0.2, -0.15) is 0 Å². The monoisotopic (exact) mass is 474 g/mol. The van der Waals surface area contributed by atoms with Crippen LogP contribution < -0.4 is 0 Å². The van der Waals surface area contributed by atoms with Crippen LogP contribution in [0.4, 0.5) is 0 Å². The van der Waals surface area contributed by atoms with Gasteiger partial charge < -0.3 is 4.98 Å². The highest BCUT2D eigenvalue weighted by molar-refractivity contribution is 5.88. The van der Waals surface area contributed by atoms with Crippen molar-refractivity contribution in [3.05, 3.63) is 125 Å². The minimum Gasteiger partial charge on any atom is -0.342 e. The van der Waals surface area contributed by atoms with Crippen molar-refractivity contribution >= 4 is 11.6 Å². The van der Waals surface area contributed by atoms with Crippen molar-refractivity contribution in [3.63, 3.8) is 0 Å². The van der Waals surface area contributed by atoms with Crippen LogP contribution in [0.2, 0.25) is 0 Å². The molecule has 1 N–H and O–H groups in total. The Balaban J connectivity index is 1.70. The molecule has 0 spiro atoms. The van der Waals surface area contributed by atoms with E-state index in [9.17, 15) is 0 Å². The number of imidazole rings is 1. The van der Waals surface area contributed by atoms with Crippen LogP contribution in [0.15, 0.2) is 85.5 Å². The lowest BCUT2D eigenvalue weighted by molar-refractivity contribution is 0.647. The molecule has 4 aromatic rings. The Morgan fingerprint density at radius 3 is 2.36 bits per heavy atom. The number of aromatic amines is 1. The molecule has 0 bridgehead atoms. The third-order valence-corrected chi connectivity index (χ3v) is 6.75. The topological polar surface area (TPSA) is 28.7 Å². The van der Waals surface area contributed by atoms with Gasteiger partial charge in [0.05, 0.1) is 5.69 Å². The van der Waals surface area contributed by atoms with E-state index in [0.717, 1.165) is 48.5 Å². The summed E-state index contributed by atoms with van der Waals surface area (Å²) in [6.45, 7) is 12.9. The van der Waals surface area contributed by atoms with Crippen LogP contribution in [0.5, 0.6) is 0 Å². The quantitative estimate of drug-likeness (QED) is 0.229. The van der Waals surface area contributed by atoms with Gasteiger partial charge in [-0.25, -0.2) is 4.98 Å². The first-order valence-electron chi connectivity index (χ1n) is 13.1. The van der Waals surface area contributed by atoms with E-state index in [0.29, 0.717) is 5.92 Å². The molecule has 0 aliphatic heterocycles. The largest absolute Gasteiger partial charge is 0.342 e. The standard InChI is InChI=1S/C34H38N2/c1-6-28-15-11-12-16-31(28)29(7-2)23-33-25(5)35-34(36-33)32-22-27(19-20-30(32)21-24(3)4)18-17-26-13-9-8-10-14-26/h7-16,19-20,22-24H,2,6,17-18,21H2,1,3-5H3,(H,35,36)/b29-23+. The fraction of sp³-hybridized carbons (Fsp3) is 0.265. The lowest BCUT2D eigenvalue weighted by Gasteiger charge is -2.12. The van der Waals surface area contributed by atoms with Crippen LogP contribution in [0.25, 0.3) is 23.0 Å². The lowest BCUT2D eigenvalue weighted by atomic mass is 9.94. The van der Waals surface area contributed by atoms with Crippen molar-refractivity contribution in [2.75, 3.05) is 0 Å². The zero-order valence-corrected chi connectivity index (χ0v) is 22.1. The van der Waals surface area contributed by atoms with Gasteiger partial charge in [-0.3, -0.25) is 0 Å². The number of benzene rings is 3. The van der Waals surface area contributed by atoms with Crippen molar-refractivity contribution in [3.8, 4) is 11.4 Å². The van der Waals surface area contributed by atoms with Crippen LogP contribution in [0.3, 0.4) is 0 Å². The Bertz CT molecular complexity index is 1340. The number of hydrogen-bond acceptors (Lipinski definition) is 1.